The average Bonchev–Trinajstić information content (AvgIpc) is 2.37. The lowest BCUT2D eigenvalue weighted by molar-refractivity contribution is -0.137. The summed E-state index contributed by atoms with van der Waals surface area (Å²) in [5.74, 6) is 0.243. The minimum atomic E-state index is -4.46. The van der Waals surface area contributed by atoms with Crippen molar-refractivity contribution in [3.63, 3.8) is 0 Å². The van der Waals surface area contributed by atoms with Crippen molar-refractivity contribution in [2.45, 2.75) is 25.9 Å². The molecule has 0 bridgehead atoms. The molecule has 0 fully saturated rings. The van der Waals surface area contributed by atoms with Crippen LogP contribution in [0, 0.1) is 0 Å². The minimum Gasteiger partial charge on any atom is -0.166 e. The van der Waals surface area contributed by atoms with Gasteiger partial charge in [0.25, 0.3) is 0 Å². The molecule has 0 aliphatic heterocycles. The summed E-state index contributed by atoms with van der Waals surface area (Å²) < 4.78 is 37.8. The zero-order chi connectivity index (χ0) is 14.9. The lowest BCUT2D eigenvalue weighted by atomic mass is 10.1. The Kier molecular flexibility index (Phi) is 3.99. The van der Waals surface area contributed by atoms with Crippen molar-refractivity contribution in [3.05, 3.63) is 46.6 Å². The number of nitrogens with zero attached hydrogens (tertiary/aromatic N) is 2. The van der Waals surface area contributed by atoms with Gasteiger partial charge in [0.1, 0.15) is 0 Å². The number of hydrogen-bond acceptors (Lipinski definition) is 2. The molecule has 0 unspecified atom stereocenters. The summed E-state index contributed by atoms with van der Waals surface area (Å²) in [5.41, 5.74) is 0.970. The van der Waals surface area contributed by atoms with Gasteiger partial charge in [0.05, 0.1) is 22.0 Å². The van der Waals surface area contributed by atoms with Crippen molar-refractivity contribution in [2.75, 3.05) is 0 Å². The van der Waals surface area contributed by atoms with Crippen LogP contribution in [-0.2, 0) is 6.18 Å². The van der Waals surface area contributed by atoms with Crippen LogP contribution in [0.2, 0.25) is 5.02 Å². The second-order valence-corrected chi connectivity index (χ2v) is 5.10. The van der Waals surface area contributed by atoms with Crippen molar-refractivity contribution in [2.24, 2.45) is 0 Å². The molecule has 6 heteroatoms. The molecule has 106 valence electrons. The molecule has 2 aromatic rings. The lowest BCUT2D eigenvalue weighted by Crippen LogP contribution is -2.05. The van der Waals surface area contributed by atoms with Crippen LogP contribution in [0.3, 0.4) is 0 Å². The first-order valence-electron chi connectivity index (χ1n) is 6.00. The monoisotopic (exact) mass is 300 g/mol. The summed E-state index contributed by atoms with van der Waals surface area (Å²) >= 11 is 5.68. The molecule has 0 aliphatic rings. The van der Waals surface area contributed by atoms with Crippen molar-refractivity contribution >= 4 is 11.6 Å². The second kappa shape index (κ2) is 5.40. The first-order valence-corrected chi connectivity index (χ1v) is 6.37. The maximum absolute atomic E-state index is 12.6. The SMILES string of the molecule is CC(C)c1ccc(-c2ccc(C(F)(F)F)c(Cl)c2)nn1. The molecule has 20 heavy (non-hydrogen) atoms. The fourth-order valence-electron chi connectivity index (χ4n) is 1.71. The summed E-state index contributed by atoms with van der Waals surface area (Å²) in [5, 5.41) is 7.71. The van der Waals surface area contributed by atoms with E-state index in [0.29, 0.717) is 11.3 Å². The number of benzene rings is 1. The predicted octanol–water partition coefficient (Wildman–Crippen LogP) is 4.94. The van der Waals surface area contributed by atoms with Gasteiger partial charge < -0.3 is 0 Å². The molecular formula is C14H12ClF3N2. The van der Waals surface area contributed by atoms with E-state index in [2.05, 4.69) is 10.2 Å². The van der Waals surface area contributed by atoms with Gasteiger partial charge in [0.15, 0.2) is 0 Å². The van der Waals surface area contributed by atoms with Crippen molar-refractivity contribution in [1.82, 2.24) is 10.2 Å². The summed E-state index contributed by atoms with van der Waals surface area (Å²) in [4.78, 5) is 0. The molecule has 0 saturated carbocycles. The lowest BCUT2D eigenvalue weighted by Gasteiger charge is -2.10. The highest BCUT2D eigenvalue weighted by atomic mass is 35.5. The Balaban J connectivity index is 2.37. The molecule has 2 nitrogen and oxygen atoms in total. The fraction of sp³-hybridized carbons (Fsp3) is 0.286. The van der Waals surface area contributed by atoms with Gasteiger partial charge in [-0.1, -0.05) is 31.5 Å². The van der Waals surface area contributed by atoms with Crippen LogP contribution in [0.5, 0.6) is 0 Å². The molecule has 0 amide bonds. The maximum atomic E-state index is 12.6. The number of halogens is 4. The molecule has 0 spiro atoms. The Morgan fingerprint density at radius 3 is 2.20 bits per heavy atom. The van der Waals surface area contributed by atoms with E-state index >= 15 is 0 Å². The minimum absolute atomic E-state index is 0.243. The van der Waals surface area contributed by atoms with E-state index < -0.39 is 11.7 Å². The third kappa shape index (κ3) is 3.10. The van der Waals surface area contributed by atoms with Gasteiger partial charge in [-0.25, -0.2) is 0 Å². The largest absolute Gasteiger partial charge is 0.417 e. The molecule has 1 heterocycles. The summed E-state index contributed by atoms with van der Waals surface area (Å²) in [7, 11) is 0. The summed E-state index contributed by atoms with van der Waals surface area (Å²) in [6.45, 7) is 3.97. The highest BCUT2D eigenvalue weighted by molar-refractivity contribution is 6.31. The van der Waals surface area contributed by atoms with E-state index in [1.165, 1.54) is 12.1 Å². The van der Waals surface area contributed by atoms with Crippen LogP contribution in [0.25, 0.3) is 11.3 Å². The number of aromatic nitrogens is 2. The molecule has 0 radical (unpaired) electrons. The van der Waals surface area contributed by atoms with E-state index in [0.717, 1.165) is 11.8 Å². The molecule has 2 rings (SSSR count). The standard InChI is InChI=1S/C14H12ClF3N2/c1-8(2)12-5-6-13(20-19-12)9-3-4-10(11(15)7-9)14(16,17)18/h3-8H,1-2H3. The number of alkyl halides is 3. The Morgan fingerprint density at radius 1 is 1.05 bits per heavy atom. The van der Waals surface area contributed by atoms with Gasteiger partial charge >= 0.3 is 6.18 Å². The van der Waals surface area contributed by atoms with Crippen molar-refractivity contribution < 1.29 is 13.2 Å². The van der Waals surface area contributed by atoms with Crippen LogP contribution in [0.4, 0.5) is 13.2 Å². The van der Waals surface area contributed by atoms with Gasteiger partial charge in [-0.2, -0.15) is 23.4 Å². The first-order chi connectivity index (χ1) is 9.29. The molecule has 1 aromatic heterocycles. The highest BCUT2D eigenvalue weighted by Crippen LogP contribution is 2.36. The third-order valence-corrected chi connectivity index (χ3v) is 3.16. The smallest absolute Gasteiger partial charge is 0.166 e. The molecule has 0 saturated heterocycles. The third-order valence-electron chi connectivity index (χ3n) is 2.85. The zero-order valence-electron chi connectivity index (χ0n) is 10.9. The molecule has 0 N–H and O–H groups in total. The Morgan fingerprint density at radius 2 is 1.75 bits per heavy atom. The zero-order valence-corrected chi connectivity index (χ0v) is 11.6. The maximum Gasteiger partial charge on any atom is 0.417 e. The molecular weight excluding hydrogens is 289 g/mol. The van der Waals surface area contributed by atoms with E-state index in [1.54, 1.807) is 12.1 Å². The number of rotatable bonds is 2. The predicted molar refractivity (Wildman–Crippen MR) is 71.6 cm³/mol. The van der Waals surface area contributed by atoms with Gasteiger partial charge in [0, 0.05) is 5.56 Å². The van der Waals surface area contributed by atoms with Gasteiger partial charge in [0.2, 0.25) is 0 Å². The highest BCUT2D eigenvalue weighted by Gasteiger charge is 2.33. The summed E-state index contributed by atoms with van der Waals surface area (Å²) in [6.07, 6.45) is -4.46. The van der Waals surface area contributed by atoms with Gasteiger partial charge in [-0.15, -0.1) is 0 Å². The van der Waals surface area contributed by atoms with E-state index in [9.17, 15) is 13.2 Å². The molecule has 0 atom stereocenters. The Hall–Kier alpha value is -1.62. The van der Waals surface area contributed by atoms with E-state index in [4.69, 9.17) is 11.6 Å². The van der Waals surface area contributed by atoms with Gasteiger partial charge in [-0.3, -0.25) is 0 Å². The summed E-state index contributed by atoms with van der Waals surface area (Å²) in [6, 6.07) is 7.08. The number of hydrogen-bond donors (Lipinski definition) is 0. The normalized spacial score (nSPS) is 11.9. The topological polar surface area (TPSA) is 25.8 Å². The van der Waals surface area contributed by atoms with E-state index in [1.807, 2.05) is 13.8 Å². The second-order valence-electron chi connectivity index (χ2n) is 4.69. The average molecular weight is 301 g/mol. The Bertz CT molecular complexity index is 607. The van der Waals surface area contributed by atoms with Crippen LogP contribution >= 0.6 is 11.6 Å². The Labute approximate surface area is 119 Å². The van der Waals surface area contributed by atoms with Gasteiger partial charge in [-0.05, 0) is 30.2 Å². The van der Waals surface area contributed by atoms with Crippen molar-refractivity contribution in [1.29, 1.82) is 0 Å². The van der Waals surface area contributed by atoms with Crippen LogP contribution < -0.4 is 0 Å². The van der Waals surface area contributed by atoms with Crippen LogP contribution in [0.1, 0.15) is 31.0 Å². The van der Waals surface area contributed by atoms with Crippen LogP contribution in [0.15, 0.2) is 30.3 Å². The molecule has 0 aliphatic carbocycles. The van der Waals surface area contributed by atoms with Crippen molar-refractivity contribution in [3.8, 4) is 11.3 Å². The molecule has 1 aromatic carbocycles. The van der Waals surface area contributed by atoms with Crippen LogP contribution in [-0.4, -0.2) is 10.2 Å². The fourth-order valence-corrected chi connectivity index (χ4v) is 2.00. The van der Waals surface area contributed by atoms with E-state index in [-0.39, 0.29) is 10.9 Å². The quantitative estimate of drug-likeness (QED) is 0.785. The first kappa shape index (κ1) is 14.8.